The van der Waals surface area contributed by atoms with Gasteiger partial charge in [0.25, 0.3) is 0 Å². The number of hydrogen-bond acceptors (Lipinski definition) is 3. The number of carbonyl (C=O) groups excluding carboxylic acids is 2. The van der Waals surface area contributed by atoms with Crippen molar-refractivity contribution in [1.29, 1.82) is 0 Å². The molecule has 0 saturated carbocycles. The van der Waals surface area contributed by atoms with Gasteiger partial charge in [-0.25, -0.2) is 4.98 Å². The number of fused-ring (bicyclic) bond motifs is 1. The Morgan fingerprint density at radius 1 is 1.11 bits per heavy atom. The van der Waals surface area contributed by atoms with E-state index in [2.05, 4.69) is 16.4 Å². The zero-order valence-corrected chi connectivity index (χ0v) is 15.2. The summed E-state index contributed by atoms with van der Waals surface area (Å²) in [5.74, 6) is 0.140. The lowest BCUT2D eigenvalue weighted by Crippen LogP contribution is -2.24. The van der Waals surface area contributed by atoms with E-state index in [0.29, 0.717) is 17.1 Å². The molecule has 1 amide bonds. The quantitative estimate of drug-likeness (QED) is 0.722. The molecule has 1 atom stereocenters. The van der Waals surface area contributed by atoms with E-state index in [4.69, 9.17) is 0 Å². The highest BCUT2D eigenvalue weighted by molar-refractivity contribution is 6.07. The summed E-state index contributed by atoms with van der Waals surface area (Å²) in [7, 11) is 1.79. The number of nitrogens with one attached hydrogen (secondary N) is 1. The molecule has 1 heterocycles. The van der Waals surface area contributed by atoms with Crippen molar-refractivity contribution in [2.24, 2.45) is 7.05 Å². The van der Waals surface area contributed by atoms with E-state index in [9.17, 15) is 9.59 Å². The third-order valence-corrected chi connectivity index (χ3v) is 5.12. The molecule has 136 valence electrons. The molecule has 0 radical (unpaired) electrons. The Hall–Kier alpha value is -3.21. The second kappa shape index (κ2) is 7.19. The van der Waals surface area contributed by atoms with Crippen molar-refractivity contribution in [2.45, 2.75) is 25.2 Å². The van der Waals surface area contributed by atoms with E-state index in [1.165, 1.54) is 5.56 Å². The topological polar surface area (TPSA) is 64.0 Å². The number of amides is 1. The number of nitrogens with zero attached hydrogens (tertiary/aromatic N) is 2. The average Bonchev–Trinajstić information content (AvgIpc) is 3.13. The molecule has 3 aromatic rings. The van der Waals surface area contributed by atoms with E-state index in [0.717, 1.165) is 24.8 Å². The third kappa shape index (κ3) is 3.40. The molecule has 0 fully saturated rings. The van der Waals surface area contributed by atoms with Gasteiger partial charge in [0.05, 0.1) is 5.92 Å². The number of anilines is 1. The summed E-state index contributed by atoms with van der Waals surface area (Å²) in [4.78, 5) is 29.4. The first kappa shape index (κ1) is 17.2. The molecule has 1 unspecified atom stereocenters. The van der Waals surface area contributed by atoms with E-state index < -0.39 is 0 Å². The first-order valence-electron chi connectivity index (χ1n) is 9.14. The Kier molecular flexibility index (Phi) is 4.59. The van der Waals surface area contributed by atoms with Crippen molar-refractivity contribution in [1.82, 2.24) is 9.55 Å². The molecule has 4 rings (SSSR count). The number of hydrogen-bond donors (Lipinski definition) is 1. The van der Waals surface area contributed by atoms with Gasteiger partial charge in [-0.05, 0) is 54.7 Å². The number of rotatable bonds is 4. The highest BCUT2D eigenvalue weighted by atomic mass is 16.2. The van der Waals surface area contributed by atoms with Crippen LogP contribution < -0.4 is 5.32 Å². The van der Waals surface area contributed by atoms with Crippen LogP contribution in [0.15, 0.2) is 60.9 Å². The van der Waals surface area contributed by atoms with Crippen molar-refractivity contribution in [3.8, 4) is 0 Å². The zero-order chi connectivity index (χ0) is 18.8. The minimum absolute atomic E-state index is 0.00493. The SMILES string of the molecule is Cn1ccnc1C(=O)c1ccc(NC(=O)C2CCCc3ccccc32)cc1. The summed E-state index contributed by atoms with van der Waals surface area (Å²) in [6.45, 7) is 0. The van der Waals surface area contributed by atoms with Crippen LogP contribution in [0, 0.1) is 0 Å². The molecule has 5 nitrogen and oxygen atoms in total. The maximum absolute atomic E-state index is 12.8. The zero-order valence-electron chi connectivity index (χ0n) is 15.2. The van der Waals surface area contributed by atoms with Crippen LogP contribution in [0.4, 0.5) is 5.69 Å². The largest absolute Gasteiger partial charge is 0.331 e. The molecular formula is C22H21N3O2. The van der Waals surface area contributed by atoms with E-state index >= 15 is 0 Å². The summed E-state index contributed by atoms with van der Waals surface area (Å²) >= 11 is 0. The van der Waals surface area contributed by atoms with Gasteiger partial charge in [-0.3, -0.25) is 9.59 Å². The molecule has 1 N–H and O–H groups in total. The van der Waals surface area contributed by atoms with Crippen LogP contribution >= 0.6 is 0 Å². The van der Waals surface area contributed by atoms with Crippen LogP contribution in [-0.4, -0.2) is 21.2 Å². The number of carbonyl (C=O) groups is 2. The summed E-state index contributed by atoms with van der Waals surface area (Å²) in [5.41, 5.74) is 3.63. The van der Waals surface area contributed by atoms with Gasteiger partial charge in [0.2, 0.25) is 11.7 Å². The Morgan fingerprint density at radius 3 is 2.63 bits per heavy atom. The fraction of sp³-hybridized carbons (Fsp3) is 0.227. The Balaban J connectivity index is 1.49. The fourth-order valence-corrected chi connectivity index (χ4v) is 3.67. The molecule has 0 aliphatic heterocycles. The highest BCUT2D eigenvalue weighted by Crippen LogP contribution is 2.32. The van der Waals surface area contributed by atoms with Crippen molar-refractivity contribution in [3.05, 3.63) is 83.4 Å². The van der Waals surface area contributed by atoms with Crippen LogP contribution in [0.2, 0.25) is 0 Å². The van der Waals surface area contributed by atoms with Gasteiger partial charge in [-0.1, -0.05) is 24.3 Å². The molecule has 27 heavy (non-hydrogen) atoms. The van der Waals surface area contributed by atoms with Crippen LogP contribution in [0.3, 0.4) is 0 Å². The summed E-state index contributed by atoms with van der Waals surface area (Å²) in [6.07, 6.45) is 6.25. The molecule has 1 aliphatic rings. The summed E-state index contributed by atoms with van der Waals surface area (Å²) < 4.78 is 1.69. The standard InChI is InChI=1S/C22H21N3O2/c1-25-14-13-23-21(25)20(26)16-9-11-17(12-10-16)24-22(27)19-8-4-6-15-5-2-3-7-18(15)19/h2-3,5,7,9-14,19H,4,6,8H2,1H3,(H,24,27). The lowest BCUT2D eigenvalue weighted by molar-refractivity contribution is -0.117. The van der Waals surface area contributed by atoms with E-state index in [1.54, 1.807) is 48.3 Å². The van der Waals surface area contributed by atoms with E-state index in [-0.39, 0.29) is 17.6 Å². The lowest BCUT2D eigenvalue weighted by Gasteiger charge is -2.24. The number of ketones is 1. The predicted octanol–water partition coefficient (Wildman–Crippen LogP) is 3.71. The Morgan fingerprint density at radius 2 is 1.89 bits per heavy atom. The number of imidazole rings is 1. The average molecular weight is 359 g/mol. The van der Waals surface area contributed by atoms with Crippen LogP contribution in [0.1, 0.15) is 46.1 Å². The van der Waals surface area contributed by atoms with Gasteiger partial charge in [-0.2, -0.15) is 0 Å². The minimum atomic E-state index is -0.137. The van der Waals surface area contributed by atoms with Crippen LogP contribution in [0.25, 0.3) is 0 Å². The van der Waals surface area contributed by atoms with Gasteiger partial charge in [-0.15, -0.1) is 0 Å². The summed E-state index contributed by atoms with van der Waals surface area (Å²) in [5, 5.41) is 2.99. The van der Waals surface area contributed by atoms with Gasteiger partial charge < -0.3 is 9.88 Å². The van der Waals surface area contributed by atoms with Crippen molar-refractivity contribution < 1.29 is 9.59 Å². The normalized spacial score (nSPS) is 15.8. The van der Waals surface area contributed by atoms with Crippen molar-refractivity contribution in [3.63, 3.8) is 0 Å². The minimum Gasteiger partial charge on any atom is -0.331 e. The summed E-state index contributed by atoms with van der Waals surface area (Å²) in [6, 6.07) is 15.1. The molecule has 5 heteroatoms. The monoisotopic (exact) mass is 359 g/mol. The van der Waals surface area contributed by atoms with Crippen molar-refractivity contribution >= 4 is 17.4 Å². The third-order valence-electron chi connectivity index (χ3n) is 5.12. The Labute approximate surface area is 158 Å². The number of benzene rings is 2. The molecule has 0 bridgehead atoms. The molecule has 1 aromatic heterocycles. The second-order valence-electron chi connectivity index (χ2n) is 6.90. The maximum atomic E-state index is 12.8. The first-order valence-corrected chi connectivity index (χ1v) is 9.14. The van der Waals surface area contributed by atoms with Gasteiger partial charge >= 0.3 is 0 Å². The van der Waals surface area contributed by atoms with Crippen LogP contribution in [-0.2, 0) is 18.3 Å². The fourth-order valence-electron chi connectivity index (χ4n) is 3.67. The second-order valence-corrected chi connectivity index (χ2v) is 6.90. The lowest BCUT2D eigenvalue weighted by atomic mass is 9.82. The predicted molar refractivity (Wildman–Crippen MR) is 104 cm³/mol. The maximum Gasteiger partial charge on any atom is 0.231 e. The molecular weight excluding hydrogens is 338 g/mol. The molecule has 0 spiro atoms. The number of aryl methyl sites for hydroxylation is 2. The first-order chi connectivity index (χ1) is 13.1. The number of aromatic nitrogens is 2. The van der Waals surface area contributed by atoms with E-state index in [1.807, 2.05) is 18.2 Å². The highest BCUT2D eigenvalue weighted by Gasteiger charge is 2.26. The molecule has 0 saturated heterocycles. The van der Waals surface area contributed by atoms with Crippen LogP contribution in [0.5, 0.6) is 0 Å². The van der Waals surface area contributed by atoms with Gasteiger partial charge in [0.1, 0.15) is 0 Å². The van der Waals surface area contributed by atoms with Gasteiger partial charge in [0.15, 0.2) is 5.82 Å². The van der Waals surface area contributed by atoms with Crippen molar-refractivity contribution in [2.75, 3.05) is 5.32 Å². The molecule has 1 aliphatic carbocycles. The molecule has 2 aromatic carbocycles. The smallest absolute Gasteiger partial charge is 0.231 e. The Bertz CT molecular complexity index is 989. The van der Waals surface area contributed by atoms with Gasteiger partial charge in [0, 0.05) is 30.7 Å².